The summed E-state index contributed by atoms with van der Waals surface area (Å²) < 4.78 is 7.07. The van der Waals surface area contributed by atoms with Gasteiger partial charge in [-0.05, 0) is 12.8 Å². The molecule has 0 spiro atoms. The number of nitrogens with zero attached hydrogens (tertiary/aromatic N) is 3. The van der Waals surface area contributed by atoms with Gasteiger partial charge in [0.15, 0.2) is 5.82 Å². The Labute approximate surface area is 93.2 Å². The van der Waals surface area contributed by atoms with Crippen LogP contribution in [0.2, 0.25) is 0 Å². The second-order valence-corrected chi connectivity index (χ2v) is 3.88. The largest absolute Gasteiger partial charge is 0.480 e. The van der Waals surface area contributed by atoms with Gasteiger partial charge in [0, 0.05) is 13.0 Å². The van der Waals surface area contributed by atoms with Crippen LogP contribution in [0.25, 0.3) is 0 Å². The monoisotopic (exact) mass is 225 g/mol. The molecule has 0 atom stereocenters. The number of fused-ring (bicyclic) bond motifs is 1. The van der Waals surface area contributed by atoms with Crippen molar-refractivity contribution in [1.29, 1.82) is 0 Å². The van der Waals surface area contributed by atoms with Crippen molar-refractivity contribution in [3.8, 4) is 0 Å². The molecule has 6 heteroatoms. The van der Waals surface area contributed by atoms with E-state index < -0.39 is 5.97 Å². The first-order chi connectivity index (χ1) is 7.77. The molecule has 0 fully saturated rings. The zero-order valence-electron chi connectivity index (χ0n) is 9.06. The summed E-state index contributed by atoms with van der Waals surface area (Å²) in [6.07, 6.45) is 4.43. The summed E-state index contributed by atoms with van der Waals surface area (Å²) >= 11 is 0. The maximum absolute atomic E-state index is 10.3. The van der Waals surface area contributed by atoms with Crippen LogP contribution in [-0.4, -0.2) is 32.4 Å². The fraction of sp³-hybridized carbons (Fsp3) is 0.700. The van der Waals surface area contributed by atoms with E-state index in [9.17, 15) is 4.79 Å². The molecule has 0 amide bonds. The van der Waals surface area contributed by atoms with Gasteiger partial charge in [-0.2, -0.15) is 0 Å². The summed E-state index contributed by atoms with van der Waals surface area (Å²) in [6, 6.07) is 0. The summed E-state index contributed by atoms with van der Waals surface area (Å²) in [5.74, 6) is 0.764. The zero-order chi connectivity index (χ0) is 11.4. The highest BCUT2D eigenvalue weighted by Crippen LogP contribution is 2.14. The topological polar surface area (TPSA) is 77.2 Å². The number of carbonyl (C=O) groups is 1. The molecule has 1 aromatic heterocycles. The number of carboxylic acid groups (broad SMARTS) is 1. The molecule has 1 aromatic rings. The van der Waals surface area contributed by atoms with E-state index >= 15 is 0 Å². The zero-order valence-corrected chi connectivity index (χ0v) is 9.06. The Hall–Kier alpha value is -1.43. The van der Waals surface area contributed by atoms with E-state index in [2.05, 4.69) is 14.8 Å². The van der Waals surface area contributed by atoms with Crippen molar-refractivity contribution in [2.24, 2.45) is 0 Å². The van der Waals surface area contributed by atoms with Crippen LogP contribution >= 0.6 is 0 Å². The summed E-state index contributed by atoms with van der Waals surface area (Å²) in [4.78, 5) is 10.3. The molecule has 2 heterocycles. The summed E-state index contributed by atoms with van der Waals surface area (Å²) in [5, 5.41) is 16.6. The minimum atomic E-state index is -0.962. The average molecular weight is 225 g/mol. The number of hydrogen-bond acceptors (Lipinski definition) is 4. The molecule has 1 aliphatic heterocycles. The van der Waals surface area contributed by atoms with E-state index in [0.717, 1.165) is 37.5 Å². The summed E-state index contributed by atoms with van der Waals surface area (Å²) in [6.45, 7) is 0.843. The molecule has 0 bridgehead atoms. The van der Waals surface area contributed by atoms with Crippen LogP contribution in [0.5, 0.6) is 0 Å². The minimum absolute atomic E-state index is 0.222. The third-order valence-corrected chi connectivity index (χ3v) is 2.64. The maximum Gasteiger partial charge on any atom is 0.329 e. The number of rotatable bonds is 4. The average Bonchev–Trinajstić information content (AvgIpc) is 2.49. The molecule has 1 N–H and O–H groups in total. The van der Waals surface area contributed by atoms with E-state index in [0.29, 0.717) is 0 Å². The van der Waals surface area contributed by atoms with Crippen molar-refractivity contribution >= 4 is 5.97 Å². The lowest BCUT2D eigenvalue weighted by molar-refractivity contribution is -0.142. The van der Waals surface area contributed by atoms with E-state index in [1.165, 1.54) is 6.42 Å². The second kappa shape index (κ2) is 5.07. The quantitative estimate of drug-likeness (QED) is 0.812. The molecule has 0 saturated carbocycles. The Balaban J connectivity index is 1.99. The van der Waals surface area contributed by atoms with E-state index in [1.807, 2.05) is 0 Å². The van der Waals surface area contributed by atoms with Crippen LogP contribution in [0.3, 0.4) is 0 Å². The molecule has 0 radical (unpaired) electrons. The predicted octanol–water partition coefficient (Wildman–Crippen LogP) is 0.606. The predicted molar refractivity (Wildman–Crippen MR) is 54.9 cm³/mol. The Kier molecular flexibility index (Phi) is 3.51. The molecule has 2 rings (SSSR count). The third kappa shape index (κ3) is 2.57. The minimum Gasteiger partial charge on any atom is -0.480 e. The number of aromatic nitrogens is 3. The first kappa shape index (κ1) is 11.1. The molecule has 16 heavy (non-hydrogen) atoms. The van der Waals surface area contributed by atoms with Gasteiger partial charge in [0.1, 0.15) is 19.0 Å². The molecule has 0 aromatic carbocycles. The van der Waals surface area contributed by atoms with Crippen molar-refractivity contribution in [2.45, 2.75) is 38.8 Å². The number of aliphatic carboxylic acids is 1. The van der Waals surface area contributed by atoms with Gasteiger partial charge in [0.2, 0.25) is 0 Å². The van der Waals surface area contributed by atoms with Crippen LogP contribution in [-0.2, 0) is 29.1 Å². The Morgan fingerprint density at radius 3 is 3.06 bits per heavy atom. The van der Waals surface area contributed by atoms with Crippen molar-refractivity contribution in [3.63, 3.8) is 0 Å². The number of aryl methyl sites for hydroxylation is 1. The van der Waals surface area contributed by atoms with Gasteiger partial charge < -0.3 is 14.4 Å². The van der Waals surface area contributed by atoms with Crippen molar-refractivity contribution in [2.75, 3.05) is 6.61 Å². The summed E-state index contributed by atoms with van der Waals surface area (Å²) in [7, 11) is 0. The highest BCUT2D eigenvalue weighted by atomic mass is 16.5. The molecular weight excluding hydrogens is 210 g/mol. The highest BCUT2D eigenvalue weighted by Gasteiger charge is 2.14. The van der Waals surface area contributed by atoms with Crippen LogP contribution in [0, 0.1) is 0 Å². The fourth-order valence-electron chi connectivity index (χ4n) is 1.88. The third-order valence-electron chi connectivity index (χ3n) is 2.64. The molecule has 88 valence electrons. The standard InChI is InChI=1S/C10H15N3O3/c14-10(15)7-16-6-9-12-11-8-4-2-1-3-5-13(8)9/h1-7H2,(H,14,15). The van der Waals surface area contributed by atoms with Crippen LogP contribution in [0.4, 0.5) is 0 Å². The van der Waals surface area contributed by atoms with Crippen molar-refractivity contribution < 1.29 is 14.6 Å². The van der Waals surface area contributed by atoms with Gasteiger partial charge in [-0.1, -0.05) is 6.42 Å². The SMILES string of the molecule is O=C(O)COCc1nnc2n1CCCCC2. The van der Waals surface area contributed by atoms with E-state index in [1.54, 1.807) is 0 Å². The van der Waals surface area contributed by atoms with Gasteiger partial charge in [0.25, 0.3) is 0 Å². The normalized spacial score (nSPS) is 15.5. The van der Waals surface area contributed by atoms with Gasteiger partial charge in [-0.3, -0.25) is 0 Å². The molecule has 0 aliphatic carbocycles. The first-order valence-electron chi connectivity index (χ1n) is 5.48. The number of ether oxygens (including phenoxy) is 1. The van der Waals surface area contributed by atoms with E-state index in [4.69, 9.17) is 9.84 Å². The molecule has 6 nitrogen and oxygen atoms in total. The smallest absolute Gasteiger partial charge is 0.329 e. The van der Waals surface area contributed by atoms with Crippen LogP contribution < -0.4 is 0 Å². The van der Waals surface area contributed by atoms with Gasteiger partial charge >= 0.3 is 5.97 Å². The van der Waals surface area contributed by atoms with Crippen LogP contribution in [0.1, 0.15) is 30.9 Å². The number of hydrogen-bond donors (Lipinski definition) is 1. The molecule has 0 unspecified atom stereocenters. The van der Waals surface area contributed by atoms with Crippen LogP contribution in [0.15, 0.2) is 0 Å². The van der Waals surface area contributed by atoms with Gasteiger partial charge in [0.05, 0.1) is 0 Å². The highest BCUT2D eigenvalue weighted by molar-refractivity contribution is 5.67. The maximum atomic E-state index is 10.3. The Morgan fingerprint density at radius 1 is 1.38 bits per heavy atom. The van der Waals surface area contributed by atoms with Crippen molar-refractivity contribution in [3.05, 3.63) is 11.6 Å². The second-order valence-electron chi connectivity index (χ2n) is 3.88. The molecule has 0 saturated heterocycles. The summed E-state index contributed by atoms with van der Waals surface area (Å²) in [5.41, 5.74) is 0. The van der Waals surface area contributed by atoms with Gasteiger partial charge in [-0.25, -0.2) is 4.79 Å². The lowest BCUT2D eigenvalue weighted by Crippen LogP contribution is -2.11. The number of carboxylic acids is 1. The van der Waals surface area contributed by atoms with Gasteiger partial charge in [-0.15, -0.1) is 10.2 Å². The lowest BCUT2D eigenvalue weighted by atomic mass is 10.2. The molecular formula is C10H15N3O3. The lowest BCUT2D eigenvalue weighted by Gasteiger charge is -2.06. The Bertz CT molecular complexity index is 375. The van der Waals surface area contributed by atoms with Crippen molar-refractivity contribution in [1.82, 2.24) is 14.8 Å². The first-order valence-corrected chi connectivity index (χ1v) is 5.48. The van der Waals surface area contributed by atoms with E-state index in [-0.39, 0.29) is 13.2 Å². The fourth-order valence-corrected chi connectivity index (χ4v) is 1.88. The Morgan fingerprint density at radius 2 is 2.25 bits per heavy atom. The molecule has 1 aliphatic rings.